The largest absolute Gasteiger partial charge is 0.482 e. The summed E-state index contributed by atoms with van der Waals surface area (Å²) in [5, 5.41) is 20.0. The average Bonchev–Trinajstić information content (AvgIpc) is 2.67. The summed E-state index contributed by atoms with van der Waals surface area (Å²) in [7, 11) is 0. The number of carbonyl (C=O) groups excluding carboxylic acids is 2. The number of esters is 1. The maximum absolute atomic E-state index is 12.0. The summed E-state index contributed by atoms with van der Waals surface area (Å²) in [6.07, 6.45) is -1.01. The van der Waals surface area contributed by atoms with Crippen LogP contribution in [0.2, 0.25) is 0 Å². The number of ether oxygens (including phenoxy) is 2. The number of nitriles is 2. The van der Waals surface area contributed by atoms with Gasteiger partial charge in [0.25, 0.3) is 5.91 Å². The fraction of sp³-hybridized carbons (Fsp3) is 0.158. The van der Waals surface area contributed by atoms with Gasteiger partial charge in [0.2, 0.25) is 0 Å². The minimum Gasteiger partial charge on any atom is -0.482 e. The van der Waals surface area contributed by atoms with Gasteiger partial charge < -0.3 is 14.8 Å². The summed E-state index contributed by atoms with van der Waals surface area (Å²) in [6.45, 7) is 1.08. The molecule has 0 radical (unpaired) electrons. The van der Waals surface area contributed by atoms with E-state index in [-0.39, 0.29) is 6.61 Å². The lowest BCUT2D eigenvalue weighted by molar-refractivity contribution is -0.155. The molecule has 0 spiro atoms. The molecule has 26 heavy (non-hydrogen) atoms. The average molecular weight is 349 g/mol. The first kappa shape index (κ1) is 18.5. The van der Waals surface area contributed by atoms with Crippen molar-refractivity contribution in [2.75, 3.05) is 11.9 Å². The number of hydrogen-bond donors (Lipinski definition) is 1. The third-order valence-corrected chi connectivity index (χ3v) is 3.30. The van der Waals surface area contributed by atoms with Crippen LogP contribution in [0.5, 0.6) is 5.75 Å². The monoisotopic (exact) mass is 349 g/mol. The van der Waals surface area contributed by atoms with E-state index in [1.54, 1.807) is 48.5 Å². The number of amides is 1. The van der Waals surface area contributed by atoms with Crippen LogP contribution in [0, 0.1) is 22.7 Å². The van der Waals surface area contributed by atoms with E-state index in [1.807, 2.05) is 12.1 Å². The summed E-state index contributed by atoms with van der Waals surface area (Å²) in [6, 6.07) is 16.5. The van der Waals surface area contributed by atoms with E-state index < -0.39 is 18.0 Å². The Kier molecular flexibility index (Phi) is 6.30. The molecular formula is C19H15N3O4. The molecule has 0 unspecified atom stereocenters. The maximum atomic E-state index is 12.0. The lowest BCUT2D eigenvalue weighted by Gasteiger charge is -2.14. The minimum atomic E-state index is -1.01. The lowest BCUT2D eigenvalue weighted by atomic mass is 10.2. The topological polar surface area (TPSA) is 112 Å². The van der Waals surface area contributed by atoms with Crippen LogP contribution in [0.1, 0.15) is 18.1 Å². The van der Waals surface area contributed by atoms with E-state index in [0.717, 1.165) is 0 Å². The van der Waals surface area contributed by atoms with Crippen LogP contribution in [0.15, 0.2) is 48.5 Å². The molecule has 0 aliphatic carbocycles. The lowest BCUT2D eigenvalue weighted by Crippen LogP contribution is -2.31. The summed E-state index contributed by atoms with van der Waals surface area (Å²) in [5.74, 6) is -0.783. The normalized spacial score (nSPS) is 10.7. The molecule has 0 saturated heterocycles. The highest BCUT2D eigenvalue weighted by molar-refractivity contribution is 5.95. The fourth-order valence-corrected chi connectivity index (χ4v) is 1.92. The van der Waals surface area contributed by atoms with Gasteiger partial charge in [-0.1, -0.05) is 0 Å². The number of nitrogens with one attached hydrogen (secondary N) is 1. The smallest absolute Gasteiger partial charge is 0.344 e. The van der Waals surface area contributed by atoms with Crippen molar-refractivity contribution in [3.63, 3.8) is 0 Å². The molecule has 0 saturated carbocycles. The first-order valence-electron chi connectivity index (χ1n) is 7.65. The molecular weight excluding hydrogens is 334 g/mol. The minimum absolute atomic E-state index is 0.361. The van der Waals surface area contributed by atoms with E-state index >= 15 is 0 Å². The van der Waals surface area contributed by atoms with E-state index in [9.17, 15) is 9.59 Å². The number of carbonyl (C=O) groups is 2. The van der Waals surface area contributed by atoms with Crippen LogP contribution in [-0.2, 0) is 14.3 Å². The van der Waals surface area contributed by atoms with Gasteiger partial charge in [-0.2, -0.15) is 10.5 Å². The predicted octanol–water partition coefficient (Wildman–Crippen LogP) is 2.38. The molecule has 1 atom stereocenters. The maximum Gasteiger partial charge on any atom is 0.344 e. The first-order valence-corrected chi connectivity index (χ1v) is 7.65. The SMILES string of the molecule is C[C@@H](OC(=O)COc1ccc(C#N)cc1)C(=O)Nc1ccc(C#N)cc1. The Morgan fingerprint density at radius 2 is 1.54 bits per heavy atom. The zero-order valence-corrected chi connectivity index (χ0v) is 13.9. The molecule has 0 heterocycles. The molecule has 2 rings (SSSR count). The van der Waals surface area contributed by atoms with Crippen LogP contribution >= 0.6 is 0 Å². The number of hydrogen-bond acceptors (Lipinski definition) is 6. The predicted molar refractivity (Wildman–Crippen MR) is 92.0 cm³/mol. The van der Waals surface area contributed by atoms with Gasteiger partial charge in [-0.05, 0) is 55.5 Å². The molecule has 2 aromatic carbocycles. The second kappa shape index (κ2) is 8.86. The highest BCUT2D eigenvalue weighted by Crippen LogP contribution is 2.12. The number of rotatable bonds is 6. The summed E-state index contributed by atoms with van der Waals surface area (Å²) >= 11 is 0. The Balaban J connectivity index is 1.80. The third-order valence-electron chi connectivity index (χ3n) is 3.30. The van der Waals surface area contributed by atoms with E-state index in [2.05, 4.69) is 5.32 Å². The molecule has 0 fully saturated rings. The molecule has 7 nitrogen and oxygen atoms in total. The van der Waals surface area contributed by atoms with Crippen LogP contribution in [-0.4, -0.2) is 24.6 Å². The quantitative estimate of drug-likeness (QED) is 0.801. The van der Waals surface area contributed by atoms with Gasteiger partial charge in [0, 0.05) is 5.69 Å². The zero-order chi connectivity index (χ0) is 18.9. The number of benzene rings is 2. The van der Waals surface area contributed by atoms with Crippen molar-refractivity contribution in [1.82, 2.24) is 0 Å². The van der Waals surface area contributed by atoms with E-state index in [1.165, 1.54) is 6.92 Å². The van der Waals surface area contributed by atoms with Gasteiger partial charge in [-0.15, -0.1) is 0 Å². The van der Waals surface area contributed by atoms with Crippen LogP contribution < -0.4 is 10.1 Å². The summed E-state index contributed by atoms with van der Waals surface area (Å²) < 4.78 is 10.3. The standard InChI is InChI=1S/C19H15N3O4/c1-13(19(24)22-16-6-2-14(10-20)3-7-16)26-18(23)12-25-17-8-4-15(11-21)5-9-17/h2-9,13H,12H2,1H3,(H,22,24)/t13-/m1/s1. The van der Waals surface area contributed by atoms with Gasteiger partial charge in [-0.3, -0.25) is 4.79 Å². The highest BCUT2D eigenvalue weighted by Gasteiger charge is 2.18. The van der Waals surface area contributed by atoms with Gasteiger partial charge in [-0.25, -0.2) is 4.79 Å². The van der Waals surface area contributed by atoms with Gasteiger partial charge in [0.05, 0.1) is 23.3 Å². The van der Waals surface area contributed by atoms with Crippen molar-refractivity contribution in [3.8, 4) is 17.9 Å². The molecule has 7 heteroatoms. The van der Waals surface area contributed by atoms with E-state index in [4.69, 9.17) is 20.0 Å². The van der Waals surface area contributed by atoms with Gasteiger partial charge >= 0.3 is 5.97 Å². The van der Waals surface area contributed by atoms with E-state index in [0.29, 0.717) is 22.6 Å². The molecule has 1 N–H and O–H groups in total. The zero-order valence-electron chi connectivity index (χ0n) is 13.9. The molecule has 0 aliphatic heterocycles. The Bertz CT molecular complexity index is 862. The van der Waals surface area contributed by atoms with Crippen LogP contribution in [0.4, 0.5) is 5.69 Å². The molecule has 0 bridgehead atoms. The Morgan fingerprint density at radius 3 is 2.08 bits per heavy atom. The second-order valence-corrected chi connectivity index (χ2v) is 5.24. The van der Waals surface area contributed by atoms with Crippen LogP contribution in [0.25, 0.3) is 0 Å². The van der Waals surface area contributed by atoms with Gasteiger partial charge in [0.15, 0.2) is 12.7 Å². The Hall–Kier alpha value is -3.84. The molecule has 2 aromatic rings. The number of nitrogens with zero attached hydrogens (tertiary/aromatic N) is 2. The van der Waals surface area contributed by atoms with Crippen molar-refractivity contribution in [1.29, 1.82) is 10.5 Å². The highest BCUT2D eigenvalue weighted by atomic mass is 16.6. The van der Waals surface area contributed by atoms with Crippen LogP contribution in [0.3, 0.4) is 0 Å². The van der Waals surface area contributed by atoms with Crippen molar-refractivity contribution in [2.45, 2.75) is 13.0 Å². The number of anilines is 1. The molecule has 0 aromatic heterocycles. The Labute approximate surface area is 150 Å². The van der Waals surface area contributed by atoms with Gasteiger partial charge in [0.1, 0.15) is 5.75 Å². The molecule has 0 aliphatic rings. The summed E-state index contributed by atoms with van der Waals surface area (Å²) in [4.78, 5) is 23.8. The molecule has 130 valence electrons. The van der Waals surface area contributed by atoms with Crippen molar-refractivity contribution >= 4 is 17.6 Å². The molecule has 1 amide bonds. The van der Waals surface area contributed by atoms with Crippen molar-refractivity contribution in [3.05, 3.63) is 59.7 Å². The third kappa shape index (κ3) is 5.36. The second-order valence-electron chi connectivity index (χ2n) is 5.24. The fourth-order valence-electron chi connectivity index (χ4n) is 1.92. The van der Waals surface area contributed by atoms with Crippen molar-refractivity contribution < 1.29 is 19.1 Å². The van der Waals surface area contributed by atoms with Crippen molar-refractivity contribution in [2.24, 2.45) is 0 Å². The first-order chi connectivity index (χ1) is 12.5. The summed E-state index contributed by atoms with van der Waals surface area (Å²) in [5.41, 5.74) is 1.45. The Morgan fingerprint density at radius 1 is 1.00 bits per heavy atom.